The molecule has 0 fully saturated rings. The van der Waals surface area contributed by atoms with E-state index in [0.717, 1.165) is 30.7 Å². The maximum Gasteiger partial charge on any atom is 0.0693 e. The molecule has 2 aromatic rings. The van der Waals surface area contributed by atoms with Gasteiger partial charge >= 0.3 is 0 Å². The minimum atomic E-state index is 0.0613. The van der Waals surface area contributed by atoms with E-state index >= 15 is 0 Å². The van der Waals surface area contributed by atoms with E-state index in [1.807, 2.05) is 24.3 Å². The van der Waals surface area contributed by atoms with Crippen molar-refractivity contribution in [1.29, 1.82) is 0 Å². The van der Waals surface area contributed by atoms with Crippen molar-refractivity contribution in [3.63, 3.8) is 0 Å². The monoisotopic (exact) mass is 276 g/mol. The second-order valence-corrected chi connectivity index (χ2v) is 6.11. The molecule has 0 unspecified atom stereocenters. The summed E-state index contributed by atoms with van der Waals surface area (Å²) in [5.41, 5.74) is 1.93. The van der Waals surface area contributed by atoms with Crippen LogP contribution in [0, 0.1) is 0 Å². The standard InChI is InChI=1S/C14H12O2S2/c15-7-9-3-1-5-11-13(9)18-12-6-2-4-10(8-16)14(12)17-11/h1-6,15-16H,7-8H2. The van der Waals surface area contributed by atoms with E-state index in [9.17, 15) is 10.2 Å². The number of hydrogen-bond acceptors (Lipinski definition) is 4. The van der Waals surface area contributed by atoms with E-state index in [1.54, 1.807) is 23.5 Å². The highest BCUT2D eigenvalue weighted by atomic mass is 32.2. The van der Waals surface area contributed by atoms with E-state index < -0.39 is 0 Å². The van der Waals surface area contributed by atoms with E-state index in [1.165, 1.54) is 0 Å². The summed E-state index contributed by atoms with van der Waals surface area (Å²) in [6.45, 7) is 0.123. The first-order chi connectivity index (χ1) is 8.83. The smallest absolute Gasteiger partial charge is 0.0693 e. The van der Waals surface area contributed by atoms with Gasteiger partial charge in [0.1, 0.15) is 0 Å². The molecule has 0 aromatic heterocycles. The van der Waals surface area contributed by atoms with E-state index in [0.29, 0.717) is 0 Å². The minimum absolute atomic E-state index is 0.0613. The molecule has 2 nitrogen and oxygen atoms in total. The third-order valence-electron chi connectivity index (χ3n) is 2.89. The zero-order valence-electron chi connectivity index (χ0n) is 9.59. The Kier molecular flexibility index (Phi) is 3.35. The molecule has 0 spiro atoms. The van der Waals surface area contributed by atoms with Crippen LogP contribution in [0.15, 0.2) is 56.0 Å². The average molecular weight is 276 g/mol. The van der Waals surface area contributed by atoms with Gasteiger partial charge < -0.3 is 10.2 Å². The molecule has 0 bridgehead atoms. The molecule has 3 rings (SSSR count). The van der Waals surface area contributed by atoms with Crippen LogP contribution in [0.4, 0.5) is 0 Å². The van der Waals surface area contributed by atoms with Gasteiger partial charge in [-0.25, -0.2) is 0 Å². The molecule has 1 aliphatic rings. The number of aliphatic hydroxyl groups excluding tert-OH is 2. The summed E-state index contributed by atoms with van der Waals surface area (Å²) in [6.07, 6.45) is 0. The number of benzene rings is 2. The Morgan fingerprint density at radius 2 is 1.17 bits per heavy atom. The first-order valence-electron chi connectivity index (χ1n) is 5.64. The number of aliphatic hydroxyl groups is 2. The van der Waals surface area contributed by atoms with Crippen LogP contribution in [-0.2, 0) is 13.2 Å². The molecule has 92 valence electrons. The average Bonchev–Trinajstić information content (AvgIpc) is 2.43. The van der Waals surface area contributed by atoms with Gasteiger partial charge in [0.25, 0.3) is 0 Å². The SMILES string of the molecule is OCc1cccc2c1Sc1cccc(CO)c1S2. The zero-order chi connectivity index (χ0) is 12.5. The lowest BCUT2D eigenvalue weighted by Crippen LogP contribution is -1.98. The van der Waals surface area contributed by atoms with Crippen LogP contribution in [0.2, 0.25) is 0 Å². The Bertz CT molecular complexity index is 543. The molecule has 0 radical (unpaired) electrons. The van der Waals surface area contributed by atoms with Gasteiger partial charge in [-0.3, -0.25) is 0 Å². The van der Waals surface area contributed by atoms with Crippen LogP contribution in [0.25, 0.3) is 0 Å². The van der Waals surface area contributed by atoms with Crippen molar-refractivity contribution < 1.29 is 10.2 Å². The summed E-state index contributed by atoms with van der Waals surface area (Å²) >= 11 is 3.34. The van der Waals surface area contributed by atoms with Gasteiger partial charge in [-0.15, -0.1) is 0 Å². The van der Waals surface area contributed by atoms with Crippen molar-refractivity contribution in [1.82, 2.24) is 0 Å². The fourth-order valence-corrected chi connectivity index (χ4v) is 4.53. The highest BCUT2D eigenvalue weighted by Gasteiger charge is 2.21. The molecule has 0 saturated carbocycles. The number of hydrogen-bond donors (Lipinski definition) is 2. The Morgan fingerprint density at radius 1 is 0.722 bits per heavy atom. The first kappa shape index (κ1) is 12.1. The van der Waals surface area contributed by atoms with Crippen molar-refractivity contribution in [3.05, 3.63) is 47.5 Å². The number of rotatable bonds is 2. The fraction of sp³-hybridized carbons (Fsp3) is 0.143. The minimum Gasteiger partial charge on any atom is -0.392 e. The molecule has 1 heterocycles. The van der Waals surface area contributed by atoms with Crippen molar-refractivity contribution in [2.75, 3.05) is 0 Å². The van der Waals surface area contributed by atoms with Crippen molar-refractivity contribution in [3.8, 4) is 0 Å². The Labute approximate surface area is 114 Å². The van der Waals surface area contributed by atoms with Crippen LogP contribution in [0.5, 0.6) is 0 Å². The van der Waals surface area contributed by atoms with Gasteiger partial charge in [-0.05, 0) is 23.3 Å². The van der Waals surface area contributed by atoms with Crippen LogP contribution >= 0.6 is 23.5 Å². The molecule has 0 aliphatic carbocycles. The lowest BCUT2D eigenvalue weighted by molar-refractivity contribution is 0.277. The Hall–Kier alpha value is -0.940. The lowest BCUT2D eigenvalue weighted by atomic mass is 10.2. The van der Waals surface area contributed by atoms with Gasteiger partial charge in [-0.1, -0.05) is 47.8 Å². The summed E-state index contributed by atoms with van der Waals surface area (Å²) in [7, 11) is 0. The molecule has 18 heavy (non-hydrogen) atoms. The van der Waals surface area contributed by atoms with Crippen LogP contribution in [0.3, 0.4) is 0 Å². The van der Waals surface area contributed by atoms with Crippen LogP contribution in [0.1, 0.15) is 11.1 Å². The quantitative estimate of drug-likeness (QED) is 0.753. The third-order valence-corrected chi connectivity index (χ3v) is 5.64. The molecule has 1 aliphatic heterocycles. The molecular formula is C14H12O2S2. The highest BCUT2D eigenvalue weighted by Crippen LogP contribution is 2.50. The first-order valence-corrected chi connectivity index (χ1v) is 7.28. The van der Waals surface area contributed by atoms with Gasteiger partial charge in [-0.2, -0.15) is 0 Å². The summed E-state index contributed by atoms with van der Waals surface area (Å²) in [5.74, 6) is 0. The van der Waals surface area contributed by atoms with Crippen molar-refractivity contribution in [2.45, 2.75) is 32.8 Å². The lowest BCUT2D eigenvalue weighted by Gasteiger charge is -2.22. The maximum atomic E-state index is 9.38. The second-order valence-electron chi connectivity index (χ2n) is 4.01. The van der Waals surface area contributed by atoms with Crippen molar-refractivity contribution in [2.24, 2.45) is 0 Å². The summed E-state index contributed by atoms with van der Waals surface area (Å²) < 4.78 is 0. The van der Waals surface area contributed by atoms with Crippen molar-refractivity contribution >= 4 is 23.5 Å². The molecular weight excluding hydrogens is 264 g/mol. The van der Waals surface area contributed by atoms with Crippen LogP contribution < -0.4 is 0 Å². The van der Waals surface area contributed by atoms with Gasteiger partial charge in [0.15, 0.2) is 0 Å². The molecule has 0 saturated heterocycles. The molecule has 2 aromatic carbocycles. The predicted octanol–water partition coefficient (Wildman–Crippen LogP) is 3.29. The maximum absolute atomic E-state index is 9.38. The number of fused-ring (bicyclic) bond motifs is 2. The fourth-order valence-electron chi connectivity index (χ4n) is 1.98. The van der Waals surface area contributed by atoms with E-state index in [4.69, 9.17) is 0 Å². The normalized spacial score (nSPS) is 13.0. The molecule has 4 heteroatoms. The van der Waals surface area contributed by atoms with Crippen LogP contribution in [-0.4, -0.2) is 10.2 Å². The predicted molar refractivity (Wildman–Crippen MR) is 73.0 cm³/mol. The summed E-state index contributed by atoms with van der Waals surface area (Å²) in [6, 6.07) is 11.9. The van der Waals surface area contributed by atoms with E-state index in [-0.39, 0.29) is 13.2 Å². The Balaban J connectivity index is 2.11. The molecule has 0 atom stereocenters. The topological polar surface area (TPSA) is 40.5 Å². The van der Waals surface area contributed by atoms with E-state index in [2.05, 4.69) is 12.1 Å². The van der Waals surface area contributed by atoms with Gasteiger partial charge in [0.05, 0.1) is 13.2 Å². The largest absolute Gasteiger partial charge is 0.392 e. The van der Waals surface area contributed by atoms with Gasteiger partial charge in [0, 0.05) is 19.6 Å². The second kappa shape index (κ2) is 4.97. The molecule has 0 amide bonds. The summed E-state index contributed by atoms with van der Waals surface area (Å²) in [5, 5.41) is 18.8. The Morgan fingerprint density at radius 3 is 1.56 bits per heavy atom. The third kappa shape index (κ3) is 1.95. The zero-order valence-corrected chi connectivity index (χ0v) is 11.2. The molecule has 2 N–H and O–H groups in total. The van der Waals surface area contributed by atoms with Gasteiger partial charge in [0.2, 0.25) is 0 Å². The summed E-state index contributed by atoms with van der Waals surface area (Å²) in [4.78, 5) is 4.57. The highest BCUT2D eigenvalue weighted by molar-refractivity contribution is 8.05.